The molecule has 1 aliphatic heterocycles. The second kappa shape index (κ2) is 11.2. The Morgan fingerprint density at radius 3 is 2.60 bits per heavy atom. The van der Waals surface area contributed by atoms with E-state index in [1.807, 2.05) is 49.4 Å². The Morgan fingerprint density at radius 2 is 1.83 bits per heavy atom. The summed E-state index contributed by atoms with van der Waals surface area (Å²) in [5.74, 6) is -0.314. The number of rotatable bonds is 7. The van der Waals surface area contributed by atoms with Gasteiger partial charge in [-0.1, -0.05) is 54.1 Å². The quantitative estimate of drug-likeness (QED) is 0.519. The van der Waals surface area contributed by atoms with E-state index >= 15 is 0 Å². The Hall–Kier alpha value is -3.67. The minimum atomic E-state index is -0.453. The van der Waals surface area contributed by atoms with Crippen molar-refractivity contribution in [2.75, 3.05) is 20.2 Å². The zero-order valence-corrected chi connectivity index (χ0v) is 20.2. The van der Waals surface area contributed by atoms with Gasteiger partial charge < -0.3 is 15.0 Å². The fourth-order valence-electron chi connectivity index (χ4n) is 4.79. The van der Waals surface area contributed by atoms with Crippen LogP contribution in [0.5, 0.6) is 5.75 Å². The zero-order chi connectivity index (χ0) is 24.8. The Kier molecular flexibility index (Phi) is 7.80. The lowest BCUT2D eigenvalue weighted by Gasteiger charge is -2.39. The lowest BCUT2D eigenvalue weighted by atomic mass is 9.87. The minimum absolute atomic E-state index is 0.0698. The summed E-state index contributed by atoms with van der Waals surface area (Å²) in [6.45, 7) is 2.78. The van der Waals surface area contributed by atoms with Gasteiger partial charge in [0, 0.05) is 18.7 Å². The molecule has 1 heterocycles. The number of hydrogen-bond donors (Lipinski definition) is 1. The molecule has 2 amide bonds. The third-order valence-electron chi connectivity index (χ3n) is 6.60. The lowest BCUT2D eigenvalue weighted by Crippen LogP contribution is -2.47. The van der Waals surface area contributed by atoms with Crippen molar-refractivity contribution in [3.63, 3.8) is 0 Å². The van der Waals surface area contributed by atoms with Crippen molar-refractivity contribution in [2.24, 2.45) is 5.92 Å². The highest BCUT2D eigenvalue weighted by Crippen LogP contribution is 2.35. The molecule has 35 heavy (non-hydrogen) atoms. The van der Waals surface area contributed by atoms with Crippen LogP contribution in [-0.2, 0) is 11.2 Å². The molecule has 182 valence electrons. The molecule has 2 atom stereocenters. The van der Waals surface area contributed by atoms with Crippen molar-refractivity contribution in [1.29, 1.82) is 0 Å². The van der Waals surface area contributed by atoms with Crippen molar-refractivity contribution < 1.29 is 18.7 Å². The van der Waals surface area contributed by atoms with Crippen LogP contribution in [0, 0.1) is 18.7 Å². The molecule has 3 aromatic rings. The molecule has 1 fully saturated rings. The molecule has 0 radical (unpaired) electrons. The van der Waals surface area contributed by atoms with E-state index in [2.05, 4.69) is 11.4 Å². The summed E-state index contributed by atoms with van der Waals surface area (Å²) in [4.78, 5) is 28.3. The lowest BCUT2D eigenvalue weighted by molar-refractivity contribution is -0.126. The van der Waals surface area contributed by atoms with Crippen LogP contribution in [-0.4, -0.2) is 36.9 Å². The first-order valence-electron chi connectivity index (χ1n) is 12.0. The number of ether oxygens (including phenoxy) is 1. The summed E-state index contributed by atoms with van der Waals surface area (Å²) < 4.78 is 19.3. The van der Waals surface area contributed by atoms with Gasteiger partial charge in [-0.05, 0) is 61.6 Å². The Bertz CT molecular complexity index is 1200. The number of likely N-dealkylation sites (tertiary alicyclic amines) is 1. The average Bonchev–Trinajstić information content (AvgIpc) is 2.88. The van der Waals surface area contributed by atoms with Crippen molar-refractivity contribution in [3.8, 4) is 5.75 Å². The fourth-order valence-corrected chi connectivity index (χ4v) is 4.79. The minimum Gasteiger partial charge on any atom is -0.496 e. The number of benzene rings is 3. The highest BCUT2D eigenvalue weighted by atomic mass is 19.1. The van der Waals surface area contributed by atoms with Crippen LogP contribution in [0.4, 0.5) is 4.39 Å². The van der Waals surface area contributed by atoms with Gasteiger partial charge in [0.05, 0.1) is 19.1 Å². The smallest absolute Gasteiger partial charge is 0.254 e. The largest absolute Gasteiger partial charge is 0.496 e. The molecule has 0 saturated carbocycles. The number of halogens is 1. The number of methoxy groups -OCH3 is 1. The van der Waals surface area contributed by atoms with E-state index in [1.165, 1.54) is 18.2 Å². The highest BCUT2D eigenvalue weighted by Gasteiger charge is 2.36. The molecular formula is C29H31FN2O3. The van der Waals surface area contributed by atoms with Gasteiger partial charge in [0.15, 0.2) is 0 Å². The molecule has 3 aromatic carbocycles. The van der Waals surface area contributed by atoms with E-state index in [4.69, 9.17) is 4.74 Å². The standard InChI is InChI=1S/C29H31FN2O3/c1-20-7-5-9-22(17-20)26-14-13-24(19-32(26)29(34)23-10-6-11-25(30)18-23)28(33)31-16-15-21-8-3-4-12-27(21)35-2/h3-12,17-18,24,26H,13-16,19H2,1-2H3,(H,31,33)/t24-,26+/m1/s1. The van der Waals surface area contributed by atoms with Crippen LogP contribution in [0.3, 0.4) is 0 Å². The number of para-hydroxylation sites is 1. The number of nitrogens with one attached hydrogen (secondary N) is 1. The molecule has 0 spiro atoms. The van der Waals surface area contributed by atoms with Crippen molar-refractivity contribution >= 4 is 11.8 Å². The number of amides is 2. The molecule has 1 aliphatic rings. The number of aryl methyl sites for hydroxylation is 1. The summed E-state index contributed by atoms with van der Waals surface area (Å²) in [5.41, 5.74) is 3.46. The zero-order valence-electron chi connectivity index (χ0n) is 20.2. The van der Waals surface area contributed by atoms with Gasteiger partial charge in [-0.2, -0.15) is 0 Å². The second-order valence-electron chi connectivity index (χ2n) is 9.02. The molecule has 6 heteroatoms. The predicted octanol–water partition coefficient (Wildman–Crippen LogP) is 5.10. The number of nitrogens with zero attached hydrogens (tertiary/aromatic N) is 1. The molecule has 4 rings (SSSR count). The first kappa shape index (κ1) is 24.5. The SMILES string of the molecule is COc1ccccc1CCNC(=O)[C@@H]1CC[C@@H](c2cccc(C)c2)N(C(=O)c2cccc(F)c2)C1. The van der Waals surface area contributed by atoms with Gasteiger partial charge >= 0.3 is 0 Å². The van der Waals surface area contributed by atoms with Crippen LogP contribution in [0.25, 0.3) is 0 Å². The fraction of sp³-hybridized carbons (Fsp3) is 0.310. The van der Waals surface area contributed by atoms with Gasteiger partial charge in [0.1, 0.15) is 11.6 Å². The summed E-state index contributed by atoms with van der Waals surface area (Å²) in [7, 11) is 1.63. The maximum absolute atomic E-state index is 13.9. The van der Waals surface area contributed by atoms with E-state index in [-0.39, 0.29) is 30.3 Å². The highest BCUT2D eigenvalue weighted by molar-refractivity contribution is 5.95. The van der Waals surface area contributed by atoms with Crippen molar-refractivity contribution in [1.82, 2.24) is 10.2 Å². The molecule has 0 aromatic heterocycles. The molecule has 1 N–H and O–H groups in total. The van der Waals surface area contributed by atoms with E-state index < -0.39 is 5.82 Å². The number of piperidine rings is 1. The van der Waals surface area contributed by atoms with Gasteiger partial charge in [-0.15, -0.1) is 0 Å². The topological polar surface area (TPSA) is 58.6 Å². The van der Waals surface area contributed by atoms with Crippen molar-refractivity contribution in [2.45, 2.75) is 32.2 Å². The molecule has 1 saturated heterocycles. The average molecular weight is 475 g/mol. The van der Waals surface area contributed by atoms with Gasteiger partial charge in [-0.3, -0.25) is 9.59 Å². The molecular weight excluding hydrogens is 443 g/mol. The van der Waals surface area contributed by atoms with E-state index in [9.17, 15) is 14.0 Å². The molecule has 0 unspecified atom stereocenters. The summed E-state index contributed by atoms with van der Waals surface area (Å²) in [6, 6.07) is 21.4. The predicted molar refractivity (Wildman–Crippen MR) is 134 cm³/mol. The summed E-state index contributed by atoms with van der Waals surface area (Å²) in [6.07, 6.45) is 1.99. The third kappa shape index (κ3) is 5.88. The van der Waals surface area contributed by atoms with Crippen molar-refractivity contribution in [3.05, 3.63) is 101 Å². The van der Waals surface area contributed by atoms with Crippen LogP contribution < -0.4 is 10.1 Å². The monoisotopic (exact) mass is 474 g/mol. The second-order valence-corrected chi connectivity index (χ2v) is 9.02. The number of carbonyl (C=O) groups is 2. The number of hydrogen-bond acceptors (Lipinski definition) is 3. The van der Waals surface area contributed by atoms with Crippen LogP contribution in [0.15, 0.2) is 72.8 Å². The normalized spacial score (nSPS) is 17.6. The first-order chi connectivity index (χ1) is 17.0. The summed E-state index contributed by atoms with van der Waals surface area (Å²) in [5, 5.41) is 3.03. The van der Waals surface area contributed by atoms with E-state index in [1.54, 1.807) is 18.1 Å². The molecule has 5 nitrogen and oxygen atoms in total. The molecule has 0 aliphatic carbocycles. The molecule has 0 bridgehead atoms. The maximum Gasteiger partial charge on any atom is 0.254 e. The Morgan fingerprint density at radius 1 is 1.03 bits per heavy atom. The van der Waals surface area contributed by atoms with E-state index in [0.717, 1.165) is 22.4 Å². The maximum atomic E-state index is 13.9. The number of carbonyl (C=O) groups excluding carboxylic acids is 2. The van der Waals surface area contributed by atoms with E-state index in [0.29, 0.717) is 31.4 Å². The Labute approximate surface area is 205 Å². The van der Waals surface area contributed by atoms with Gasteiger partial charge in [0.2, 0.25) is 5.91 Å². The van der Waals surface area contributed by atoms with Gasteiger partial charge in [0.25, 0.3) is 5.91 Å². The third-order valence-corrected chi connectivity index (χ3v) is 6.60. The Balaban J connectivity index is 1.48. The van der Waals surface area contributed by atoms with Gasteiger partial charge in [-0.25, -0.2) is 4.39 Å². The first-order valence-corrected chi connectivity index (χ1v) is 12.0. The van der Waals surface area contributed by atoms with Crippen LogP contribution >= 0.6 is 0 Å². The van der Waals surface area contributed by atoms with Crippen LogP contribution in [0.2, 0.25) is 0 Å². The summed E-state index contributed by atoms with van der Waals surface area (Å²) >= 11 is 0. The van der Waals surface area contributed by atoms with Crippen LogP contribution in [0.1, 0.15) is 45.9 Å².